The minimum Gasteiger partial charge on any atom is -0.387 e. The van der Waals surface area contributed by atoms with E-state index in [1.54, 1.807) is 0 Å². The summed E-state index contributed by atoms with van der Waals surface area (Å²) in [5, 5.41) is 10.4. The van der Waals surface area contributed by atoms with Crippen LogP contribution in [0.15, 0.2) is 30.3 Å². The van der Waals surface area contributed by atoms with Crippen molar-refractivity contribution in [2.24, 2.45) is 0 Å². The SMILES string of the molecule is CC(C(O)c1ccccc1)N1CCCOCC1. The van der Waals surface area contributed by atoms with Gasteiger partial charge in [-0.1, -0.05) is 30.3 Å². The lowest BCUT2D eigenvalue weighted by Crippen LogP contribution is -2.39. The van der Waals surface area contributed by atoms with Gasteiger partial charge in [0.2, 0.25) is 0 Å². The van der Waals surface area contributed by atoms with Gasteiger partial charge in [-0.05, 0) is 18.9 Å². The van der Waals surface area contributed by atoms with Crippen LogP contribution >= 0.6 is 0 Å². The van der Waals surface area contributed by atoms with E-state index in [0.717, 1.165) is 38.3 Å². The topological polar surface area (TPSA) is 32.7 Å². The standard InChI is InChI=1S/C14H21NO2/c1-12(15-8-5-10-17-11-9-15)14(16)13-6-3-2-4-7-13/h2-4,6-7,12,14,16H,5,8-11H2,1H3. The Morgan fingerprint density at radius 2 is 1.94 bits per heavy atom. The van der Waals surface area contributed by atoms with Gasteiger partial charge in [-0.15, -0.1) is 0 Å². The molecule has 1 aromatic rings. The summed E-state index contributed by atoms with van der Waals surface area (Å²) in [6.45, 7) is 5.61. The van der Waals surface area contributed by atoms with Gasteiger partial charge in [0, 0.05) is 25.7 Å². The molecular formula is C14H21NO2. The van der Waals surface area contributed by atoms with Crippen LogP contribution in [0.5, 0.6) is 0 Å². The lowest BCUT2D eigenvalue weighted by Gasteiger charge is -2.31. The third-order valence-corrected chi connectivity index (χ3v) is 3.43. The molecule has 0 aromatic heterocycles. The van der Waals surface area contributed by atoms with Gasteiger partial charge in [0.1, 0.15) is 0 Å². The van der Waals surface area contributed by atoms with Crippen molar-refractivity contribution in [1.82, 2.24) is 4.90 Å². The van der Waals surface area contributed by atoms with Crippen LogP contribution in [-0.4, -0.2) is 42.4 Å². The highest BCUT2D eigenvalue weighted by Crippen LogP contribution is 2.21. The third kappa shape index (κ3) is 3.28. The largest absolute Gasteiger partial charge is 0.387 e. The quantitative estimate of drug-likeness (QED) is 0.867. The van der Waals surface area contributed by atoms with Crippen LogP contribution < -0.4 is 0 Å². The number of hydrogen-bond acceptors (Lipinski definition) is 3. The van der Waals surface area contributed by atoms with E-state index in [2.05, 4.69) is 11.8 Å². The molecule has 2 rings (SSSR count). The molecule has 0 radical (unpaired) electrons. The highest BCUT2D eigenvalue weighted by Gasteiger charge is 2.23. The minimum atomic E-state index is -0.422. The summed E-state index contributed by atoms with van der Waals surface area (Å²) in [5.74, 6) is 0. The number of aliphatic hydroxyl groups excluding tert-OH is 1. The number of ether oxygens (including phenoxy) is 1. The first-order valence-electron chi connectivity index (χ1n) is 6.34. The Hall–Kier alpha value is -0.900. The molecule has 1 aliphatic rings. The third-order valence-electron chi connectivity index (χ3n) is 3.43. The van der Waals surface area contributed by atoms with Crippen LogP contribution in [0, 0.1) is 0 Å². The van der Waals surface area contributed by atoms with E-state index in [0.29, 0.717) is 0 Å². The zero-order valence-corrected chi connectivity index (χ0v) is 10.4. The molecule has 0 spiro atoms. The van der Waals surface area contributed by atoms with Gasteiger partial charge in [-0.2, -0.15) is 0 Å². The Kier molecular flexibility index (Phi) is 4.54. The van der Waals surface area contributed by atoms with Crippen LogP contribution in [0.3, 0.4) is 0 Å². The fourth-order valence-electron chi connectivity index (χ4n) is 2.30. The normalized spacial score (nSPS) is 21.8. The van der Waals surface area contributed by atoms with Crippen molar-refractivity contribution in [1.29, 1.82) is 0 Å². The summed E-state index contributed by atoms with van der Waals surface area (Å²) in [6, 6.07) is 10.0. The molecule has 0 bridgehead atoms. The molecule has 1 N–H and O–H groups in total. The summed E-state index contributed by atoms with van der Waals surface area (Å²) in [7, 11) is 0. The second-order valence-electron chi connectivity index (χ2n) is 4.60. The van der Waals surface area contributed by atoms with E-state index in [1.807, 2.05) is 30.3 Å². The van der Waals surface area contributed by atoms with Crippen molar-refractivity contribution in [3.63, 3.8) is 0 Å². The molecule has 1 aromatic carbocycles. The smallest absolute Gasteiger partial charge is 0.0942 e. The predicted molar refractivity (Wildman–Crippen MR) is 67.9 cm³/mol. The predicted octanol–water partition coefficient (Wildman–Crippen LogP) is 1.83. The summed E-state index contributed by atoms with van der Waals surface area (Å²) < 4.78 is 5.44. The van der Waals surface area contributed by atoms with Gasteiger partial charge in [-0.25, -0.2) is 0 Å². The molecule has 0 aliphatic carbocycles. The number of nitrogens with zero attached hydrogens (tertiary/aromatic N) is 1. The highest BCUT2D eigenvalue weighted by molar-refractivity contribution is 5.18. The minimum absolute atomic E-state index is 0.138. The lowest BCUT2D eigenvalue weighted by molar-refractivity contribution is 0.0545. The molecule has 1 saturated heterocycles. The van der Waals surface area contributed by atoms with E-state index in [9.17, 15) is 5.11 Å². The van der Waals surface area contributed by atoms with E-state index >= 15 is 0 Å². The molecule has 3 heteroatoms. The van der Waals surface area contributed by atoms with Gasteiger partial charge in [0.25, 0.3) is 0 Å². The van der Waals surface area contributed by atoms with Crippen LogP contribution in [0.2, 0.25) is 0 Å². The highest BCUT2D eigenvalue weighted by atomic mass is 16.5. The Bertz CT molecular complexity index is 320. The van der Waals surface area contributed by atoms with Crippen molar-refractivity contribution >= 4 is 0 Å². The molecule has 17 heavy (non-hydrogen) atoms. The fraction of sp³-hybridized carbons (Fsp3) is 0.571. The van der Waals surface area contributed by atoms with E-state index in [-0.39, 0.29) is 6.04 Å². The Balaban J connectivity index is 2.00. The van der Waals surface area contributed by atoms with Crippen molar-refractivity contribution in [2.75, 3.05) is 26.3 Å². The zero-order valence-electron chi connectivity index (χ0n) is 10.4. The van der Waals surface area contributed by atoms with Gasteiger partial charge in [0.15, 0.2) is 0 Å². The van der Waals surface area contributed by atoms with Gasteiger partial charge in [-0.3, -0.25) is 4.90 Å². The average Bonchev–Trinajstić information content (AvgIpc) is 2.67. The summed E-state index contributed by atoms with van der Waals surface area (Å²) in [5.41, 5.74) is 0.991. The van der Waals surface area contributed by atoms with Crippen molar-refractivity contribution in [2.45, 2.75) is 25.5 Å². The molecule has 2 unspecified atom stereocenters. The van der Waals surface area contributed by atoms with Crippen LogP contribution in [-0.2, 0) is 4.74 Å². The Labute approximate surface area is 103 Å². The van der Waals surface area contributed by atoms with Crippen LogP contribution in [0.4, 0.5) is 0 Å². The molecule has 94 valence electrons. The lowest BCUT2D eigenvalue weighted by atomic mass is 10.0. The van der Waals surface area contributed by atoms with Crippen molar-refractivity contribution < 1.29 is 9.84 Å². The second-order valence-corrected chi connectivity index (χ2v) is 4.60. The van der Waals surface area contributed by atoms with Crippen molar-refractivity contribution in [3.05, 3.63) is 35.9 Å². The first kappa shape index (κ1) is 12.6. The first-order chi connectivity index (χ1) is 8.29. The molecule has 0 amide bonds. The molecule has 1 heterocycles. The molecule has 0 saturated carbocycles. The first-order valence-corrected chi connectivity index (χ1v) is 6.34. The summed E-state index contributed by atoms with van der Waals surface area (Å²) in [4.78, 5) is 2.31. The van der Waals surface area contributed by atoms with E-state index < -0.39 is 6.10 Å². The van der Waals surface area contributed by atoms with Gasteiger partial charge in [0.05, 0.1) is 12.7 Å². The second kappa shape index (κ2) is 6.15. The summed E-state index contributed by atoms with van der Waals surface area (Å²) >= 11 is 0. The fourth-order valence-corrected chi connectivity index (χ4v) is 2.30. The average molecular weight is 235 g/mol. The van der Waals surface area contributed by atoms with Crippen LogP contribution in [0.25, 0.3) is 0 Å². The van der Waals surface area contributed by atoms with Gasteiger partial charge < -0.3 is 9.84 Å². The number of aliphatic hydroxyl groups is 1. The number of benzene rings is 1. The van der Waals surface area contributed by atoms with Gasteiger partial charge >= 0.3 is 0 Å². The zero-order chi connectivity index (χ0) is 12.1. The molecule has 1 aliphatic heterocycles. The maximum Gasteiger partial charge on any atom is 0.0942 e. The number of rotatable bonds is 3. The Morgan fingerprint density at radius 1 is 1.18 bits per heavy atom. The molecule has 1 fully saturated rings. The molecule has 2 atom stereocenters. The number of hydrogen-bond donors (Lipinski definition) is 1. The Morgan fingerprint density at radius 3 is 2.71 bits per heavy atom. The maximum atomic E-state index is 10.4. The van der Waals surface area contributed by atoms with E-state index in [4.69, 9.17) is 4.74 Å². The monoisotopic (exact) mass is 235 g/mol. The van der Waals surface area contributed by atoms with Crippen molar-refractivity contribution in [3.8, 4) is 0 Å². The van der Waals surface area contributed by atoms with Crippen LogP contribution in [0.1, 0.15) is 25.0 Å². The maximum absolute atomic E-state index is 10.4. The van der Waals surface area contributed by atoms with E-state index in [1.165, 1.54) is 0 Å². The summed E-state index contributed by atoms with van der Waals surface area (Å²) in [6.07, 6.45) is 0.626. The molecular weight excluding hydrogens is 214 g/mol. The molecule has 3 nitrogen and oxygen atoms in total.